The Morgan fingerprint density at radius 3 is 2.81 bits per heavy atom. The maximum absolute atomic E-state index is 13.1. The Morgan fingerprint density at radius 2 is 2.15 bits per heavy atom. The summed E-state index contributed by atoms with van der Waals surface area (Å²) in [7, 11) is 0. The van der Waals surface area contributed by atoms with Crippen molar-refractivity contribution in [1.29, 1.82) is 0 Å². The molecule has 8 nitrogen and oxygen atoms in total. The molecule has 140 valence electrons. The standard InChI is InChI=1S/C15H15F3N4O4/c16-15(17,18)14-20-10(22-5-1-2-9(22)13(24)25)7-12(21-14)26-8-3-4-19-11(23)6-8/h6-7,9H,1-5H2,(H,19,23)(H,24,25). The van der Waals surface area contributed by atoms with Gasteiger partial charge in [0.2, 0.25) is 17.6 Å². The first-order valence-corrected chi connectivity index (χ1v) is 7.86. The Balaban J connectivity index is 1.97. The van der Waals surface area contributed by atoms with Crippen LogP contribution in [-0.4, -0.2) is 46.1 Å². The number of nitrogens with zero attached hydrogens (tertiary/aromatic N) is 3. The monoisotopic (exact) mass is 372 g/mol. The van der Waals surface area contributed by atoms with Crippen LogP contribution in [0.15, 0.2) is 17.9 Å². The van der Waals surface area contributed by atoms with Gasteiger partial charge in [-0.3, -0.25) is 4.79 Å². The van der Waals surface area contributed by atoms with Crippen LogP contribution in [0.1, 0.15) is 25.1 Å². The minimum absolute atomic E-state index is 0.169. The molecule has 1 atom stereocenters. The molecule has 2 aliphatic heterocycles. The van der Waals surface area contributed by atoms with Gasteiger partial charge in [0, 0.05) is 31.7 Å². The first-order valence-electron chi connectivity index (χ1n) is 7.86. The number of nitrogens with one attached hydrogen (secondary N) is 1. The SMILES string of the molecule is O=C1C=C(Oc2cc(N3CCCC3C(=O)O)nc(C(F)(F)F)n2)CCN1. The maximum Gasteiger partial charge on any atom is 0.451 e. The molecule has 0 aliphatic carbocycles. The molecule has 1 amide bonds. The molecule has 26 heavy (non-hydrogen) atoms. The quantitative estimate of drug-likeness (QED) is 0.822. The zero-order valence-corrected chi connectivity index (χ0v) is 13.4. The van der Waals surface area contributed by atoms with Crippen molar-refractivity contribution < 1.29 is 32.6 Å². The smallest absolute Gasteiger partial charge is 0.451 e. The molecular weight excluding hydrogens is 357 g/mol. The fourth-order valence-corrected chi connectivity index (χ4v) is 2.83. The van der Waals surface area contributed by atoms with Gasteiger partial charge in [-0.05, 0) is 12.8 Å². The van der Waals surface area contributed by atoms with E-state index in [0.29, 0.717) is 25.8 Å². The number of carbonyl (C=O) groups excluding carboxylic acids is 1. The summed E-state index contributed by atoms with van der Waals surface area (Å²) in [6.45, 7) is 0.553. The van der Waals surface area contributed by atoms with E-state index in [1.807, 2.05) is 0 Å². The molecule has 11 heteroatoms. The Kier molecular flexibility index (Phi) is 4.70. The van der Waals surface area contributed by atoms with E-state index in [0.717, 1.165) is 12.1 Å². The van der Waals surface area contributed by atoms with Crippen molar-refractivity contribution in [3.05, 3.63) is 23.7 Å². The third kappa shape index (κ3) is 3.86. The van der Waals surface area contributed by atoms with Crippen molar-refractivity contribution in [2.45, 2.75) is 31.5 Å². The predicted octanol–water partition coefficient (Wildman–Crippen LogP) is 1.33. The fourth-order valence-electron chi connectivity index (χ4n) is 2.83. The number of rotatable bonds is 4. The number of carbonyl (C=O) groups is 2. The van der Waals surface area contributed by atoms with E-state index in [1.165, 1.54) is 4.90 Å². The molecule has 2 N–H and O–H groups in total. The Hall–Kier alpha value is -2.85. The lowest BCUT2D eigenvalue weighted by Gasteiger charge is -2.24. The van der Waals surface area contributed by atoms with E-state index in [1.54, 1.807) is 0 Å². The summed E-state index contributed by atoms with van der Waals surface area (Å²) in [5, 5.41) is 11.8. The average Bonchev–Trinajstić information content (AvgIpc) is 3.03. The molecule has 0 spiro atoms. The van der Waals surface area contributed by atoms with Gasteiger partial charge in [-0.25, -0.2) is 9.78 Å². The van der Waals surface area contributed by atoms with Crippen LogP contribution >= 0.6 is 0 Å². The molecule has 0 aromatic carbocycles. The summed E-state index contributed by atoms with van der Waals surface area (Å²) in [5.74, 6) is -3.37. The van der Waals surface area contributed by atoms with Gasteiger partial charge in [-0.15, -0.1) is 0 Å². The topological polar surface area (TPSA) is 105 Å². The minimum atomic E-state index is -4.83. The van der Waals surface area contributed by atoms with Crippen molar-refractivity contribution in [3.63, 3.8) is 0 Å². The maximum atomic E-state index is 13.1. The number of hydrogen-bond acceptors (Lipinski definition) is 6. The zero-order chi connectivity index (χ0) is 18.9. The summed E-state index contributed by atoms with van der Waals surface area (Å²) in [6, 6.07) is 0.197. The molecule has 1 unspecified atom stereocenters. The molecule has 0 radical (unpaired) electrons. The summed E-state index contributed by atoms with van der Waals surface area (Å²) >= 11 is 0. The van der Waals surface area contributed by atoms with E-state index >= 15 is 0 Å². The minimum Gasteiger partial charge on any atom is -0.480 e. The number of hydrogen-bond donors (Lipinski definition) is 2. The third-order valence-electron chi connectivity index (χ3n) is 3.97. The van der Waals surface area contributed by atoms with Crippen LogP contribution in [0.4, 0.5) is 19.0 Å². The van der Waals surface area contributed by atoms with Crippen LogP contribution in [0.3, 0.4) is 0 Å². The van der Waals surface area contributed by atoms with Crippen LogP contribution < -0.4 is 15.0 Å². The van der Waals surface area contributed by atoms with Gasteiger partial charge >= 0.3 is 12.1 Å². The number of anilines is 1. The predicted molar refractivity (Wildman–Crippen MR) is 81.4 cm³/mol. The largest absolute Gasteiger partial charge is 0.480 e. The molecule has 1 fully saturated rings. The van der Waals surface area contributed by atoms with E-state index in [-0.39, 0.29) is 24.0 Å². The zero-order valence-electron chi connectivity index (χ0n) is 13.4. The van der Waals surface area contributed by atoms with Crippen LogP contribution in [0.25, 0.3) is 0 Å². The lowest BCUT2D eigenvalue weighted by molar-refractivity contribution is -0.145. The first-order chi connectivity index (χ1) is 12.2. The number of alkyl halides is 3. The summed E-state index contributed by atoms with van der Waals surface area (Å²) in [4.78, 5) is 30.8. The Bertz CT molecular complexity index is 766. The van der Waals surface area contributed by atoms with Gasteiger partial charge < -0.3 is 20.1 Å². The molecule has 1 aromatic rings. The number of ether oxygens (including phenoxy) is 1. The van der Waals surface area contributed by atoms with Crippen LogP contribution in [0.2, 0.25) is 0 Å². The second-order valence-corrected chi connectivity index (χ2v) is 5.83. The van der Waals surface area contributed by atoms with Gasteiger partial charge in [0.15, 0.2) is 0 Å². The van der Waals surface area contributed by atoms with Gasteiger partial charge in [0.25, 0.3) is 0 Å². The fraction of sp³-hybridized carbons (Fsp3) is 0.467. The molecule has 3 rings (SSSR count). The molecule has 0 bridgehead atoms. The van der Waals surface area contributed by atoms with Crippen molar-refractivity contribution in [3.8, 4) is 5.88 Å². The molecular formula is C15H15F3N4O4. The summed E-state index contributed by atoms with van der Waals surface area (Å²) in [6.07, 6.45) is -2.57. The second-order valence-electron chi connectivity index (χ2n) is 5.83. The van der Waals surface area contributed by atoms with Crippen molar-refractivity contribution in [2.75, 3.05) is 18.0 Å². The van der Waals surface area contributed by atoms with E-state index < -0.39 is 29.9 Å². The third-order valence-corrected chi connectivity index (χ3v) is 3.97. The number of carboxylic acids is 1. The normalized spacial score (nSPS) is 20.6. The lowest BCUT2D eigenvalue weighted by Crippen LogP contribution is -2.37. The molecule has 1 saturated heterocycles. The van der Waals surface area contributed by atoms with Crippen molar-refractivity contribution in [1.82, 2.24) is 15.3 Å². The lowest BCUT2D eigenvalue weighted by atomic mass is 10.2. The number of carboxylic acid groups (broad SMARTS) is 1. The van der Waals surface area contributed by atoms with Gasteiger partial charge in [-0.1, -0.05) is 0 Å². The molecule has 3 heterocycles. The summed E-state index contributed by atoms with van der Waals surface area (Å²) < 4.78 is 44.7. The highest BCUT2D eigenvalue weighted by atomic mass is 19.4. The average molecular weight is 372 g/mol. The van der Waals surface area contributed by atoms with E-state index in [2.05, 4.69) is 15.3 Å². The molecule has 2 aliphatic rings. The van der Waals surface area contributed by atoms with Crippen LogP contribution in [0, 0.1) is 0 Å². The van der Waals surface area contributed by atoms with E-state index in [4.69, 9.17) is 4.74 Å². The Morgan fingerprint density at radius 1 is 1.38 bits per heavy atom. The number of halogens is 3. The van der Waals surface area contributed by atoms with Gasteiger partial charge in [-0.2, -0.15) is 18.2 Å². The van der Waals surface area contributed by atoms with Crippen molar-refractivity contribution in [2.24, 2.45) is 0 Å². The number of aromatic nitrogens is 2. The second kappa shape index (κ2) is 6.81. The van der Waals surface area contributed by atoms with Gasteiger partial charge in [0.05, 0.1) is 0 Å². The Labute approximate surface area is 145 Å². The molecule has 1 aromatic heterocycles. The van der Waals surface area contributed by atoms with Crippen molar-refractivity contribution >= 4 is 17.7 Å². The molecule has 0 saturated carbocycles. The highest BCUT2D eigenvalue weighted by Gasteiger charge is 2.38. The number of aliphatic carboxylic acids is 1. The summed E-state index contributed by atoms with van der Waals surface area (Å²) in [5.41, 5.74) is 0. The van der Waals surface area contributed by atoms with Crippen LogP contribution in [0.5, 0.6) is 5.88 Å². The first kappa shape index (κ1) is 18.0. The highest BCUT2D eigenvalue weighted by molar-refractivity contribution is 5.88. The number of amides is 1. The van der Waals surface area contributed by atoms with E-state index in [9.17, 15) is 27.9 Å². The van der Waals surface area contributed by atoms with Gasteiger partial charge in [0.1, 0.15) is 17.6 Å². The van der Waals surface area contributed by atoms with Crippen LogP contribution in [-0.2, 0) is 15.8 Å². The highest BCUT2D eigenvalue weighted by Crippen LogP contribution is 2.33.